The van der Waals surface area contributed by atoms with E-state index in [1.165, 1.54) is 11.3 Å². The Balaban J connectivity index is 1.85. The van der Waals surface area contributed by atoms with Crippen LogP contribution in [0.5, 0.6) is 0 Å². The Labute approximate surface area is 125 Å². The standard InChI is InChI=1S/C14H13ClN2O2S/c15-8-4-6-9(7-5-8)16-14-17-12-10(13(18)19)2-1-3-11(12)20-14/h4-7,10H,1-3H2,(H,16,17)(H,18,19). The van der Waals surface area contributed by atoms with Crippen molar-refractivity contribution >= 4 is 39.7 Å². The van der Waals surface area contributed by atoms with E-state index in [4.69, 9.17) is 11.6 Å². The third-order valence-corrected chi connectivity index (χ3v) is 4.65. The fourth-order valence-corrected chi connectivity index (χ4v) is 3.58. The van der Waals surface area contributed by atoms with E-state index in [2.05, 4.69) is 10.3 Å². The Kier molecular flexibility index (Phi) is 3.63. The number of thiazole rings is 1. The van der Waals surface area contributed by atoms with Crippen LogP contribution in [0, 0.1) is 0 Å². The molecule has 0 saturated heterocycles. The minimum atomic E-state index is -0.783. The van der Waals surface area contributed by atoms with Gasteiger partial charge in [-0.3, -0.25) is 4.79 Å². The van der Waals surface area contributed by atoms with Gasteiger partial charge in [0.05, 0.1) is 5.69 Å². The molecule has 1 aliphatic carbocycles. The van der Waals surface area contributed by atoms with Crippen LogP contribution in [0.25, 0.3) is 0 Å². The number of aliphatic carboxylic acids is 1. The maximum Gasteiger partial charge on any atom is 0.312 e. The van der Waals surface area contributed by atoms with E-state index < -0.39 is 11.9 Å². The number of carboxylic acid groups (broad SMARTS) is 1. The van der Waals surface area contributed by atoms with E-state index in [9.17, 15) is 9.90 Å². The average Bonchev–Trinajstić information content (AvgIpc) is 2.83. The molecule has 6 heteroatoms. The van der Waals surface area contributed by atoms with E-state index in [0.717, 1.165) is 34.2 Å². The molecule has 104 valence electrons. The van der Waals surface area contributed by atoms with E-state index in [1.54, 1.807) is 12.1 Å². The molecular formula is C14H13ClN2O2S. The SMILES string of the molecule is O=C(O)C1CCCc2sc(Nc3ccc(Cl)cc3)nc21. The Morgan fingerprint density at radius 3 is 2.85 bits per heavy atom. The maximum atomic E-state index is 11.3. The second kappa shape index (κ2) is 5.42. The molecular weight excluding hydrogens is 296 g/mol. The van der Waals surface area contributed by atoms with Crippen LogP contribution in [0.4, 0.5) is 10.8 Å². The molecule has 1 unspecified atom stereocenters. The summed E-state index contributed by atoms with van der Waals surface area (Å²) in [6.07, 6.45) is 2.50. The predicted molar refractivity (Wildman–Crippen MR) is 80.2 cm³/mol. The van der Waals surface area contributed by atoms with Crippen LogP contribution in [0.1, 0.15) is 29.3 Å². The van der Waals surface area contributed by atoms with Gasteiger partial charge in [-0.1, -0.05) is 11.6 Å². The number of rotatable bonds is 3. The van der Waals surface area contributed by atoms with E-state index in [0.29, 0.717) is 11.4 Å². The summed E-state index contributed by atoms with van der Waals surface area (Å²) in [7, 11) is 0. The van der Waals surface area contributed by atoms with Crippen molar-refractivity contribution in [3.8, 4) is 0 Å². The number of hydrogen-bond donors (Lipinski definition) is 2. The Hall–Kier alpha value is -1.59. The maximum absolute atomic E-state index is 11.3. The first-order chi connectivity index (χ1) is 9.63. The molecule has 0 aliphatic heterocycles. The lowest BCUT2D eigenvalue weighted by atomic mass is 9.91. The van der Waals surface area contributed by atoms with Gasteiger partial charge in [0, 0.05) is 15.6 Å². The summed E-state index contributed by atoms with van der Waals surface area (Å²) >= 11 is 7.38. The summed E-state index contributed by atoms with van der Waals surface area (Å²) in [6, 6.07) is 7.35. The molecule has 1 aliphatic rings. The second-order valence-corrected chi connectivity index (χ2v) is 6.26. The van der Waals surface area contributed by atoms with Gasteiger partial charge < -0.3 is 10.4 Å². The number of anilines is 2. The molecule has 3 rings (SSSR count). The number of nitrogens with one attached hydrogen (secondary N) is 1. The van der Waals surface area contributed by atoms with Crippen molar-refractivity contribution in [2.24, 2.45) is 0 Å². The van der Waals surface area contributed by atoms with Crippen molar-refractivity contribution in [2.75, 3.05) is 5.32 Å². The summed E-state index contributed by atoms with van der Waals surface area (Å²) in [5.74, 6) is -1.25. The monoisotopic (exact) mass is 308 g/mol. The van der Waals surface area contributed by atoms with Gasteiger partial charge in [-0.15, -0.1) is 11.3 Å². The highest BCUT2D eigenvalue weighted by atomic mass is 35.5. The Morgan fingerprint density at radius 2 is 2.15 bits per heavy atom. The number of carboxylic acids is 1. The van der Waals surface area contributed by atoms with Crippen molar-refractivity contribution in [1.82, 2.24) is 4.98 Å². The predicted octanol–water partition coefficient (Wildman–Crippen LogP) is 4.04. The number of halogens is 1. The van der Waals surface area contributed by atoms with Gasteiger partial charge in [-0.05, 0) is 43.5 Å². The van der Waals surface area contributed by atoms with Gasteiger partial charge in [-0.2, -0.15) is 0 Å². The van der Waals surface area contributed by atoms with E-state index in [-0.39, 0.29) is 0 Å². The number of benzene rings is 1. The van der Waals surface area contributed by atoms with E-state index in [1.807, 2.05) is 12.1 Å². The highest BCUT2D eigenvalue weighted by Gasteiger charge is 2.29. The van der Waals surface area contributed by atoms with Crippen molar-refractivity contribution in [2.45, 2.75) is 25.2 Å². The van der Waals surface area contributed by atoms with Crippen molar-refractivity contribution in [1.29, 1.82) is 0 Å². The van der Waals surface area contributed by atoms with Crippen molar-refractivity contribution < 1.29 is 9.90 Å². The summed E-state index contributed by atoms with van der Waals surface area (Å²) in [5, 5.41) is 13.9. The number of carbonyl (C=O) groups is 1. The number of aryl methyl sites for hydroxylation is 1. The quantitative estimate of drug-likeness (QED) is 0.898. The zero-order valence-electron chi connectivity index (χ0n) is 10.6. The first-order valence-electron chi connectivity index (χ1n) is 6.38. The lowest BCUT2D eigenvalue weighted by Gasteiger charge is -2.16. The van der Waals surface area contributed by atoms with Gasteiger partial charge in [0.2, 0.25) is 0 Å². The van der Waals surface area contributed by atoms with Gasteiger partial charge in [0.25, 0.3) is 0 Å². The lowest BCUT2D eigenvalue weighted by Crippen LogP contribution is -2.17. The molecule has 1 aromatic carbocycles. The minimum Gasteiger partial charge on any atom is -0.481 e. The van der Waals surface area contributed by atoms with Gasteiger partial charge >= 0.3 is 5.97 Å². The van der Waals surface area contributed by atoms with Crippen LogP contribution in [-0.2, 0) is 11.2 Å². The van der Waals surface area contributed by atoms with E-state index >= 15 is 0 Å². The minimum absolute atomic E-state index is 0.462. The normalized spacial score (nSPS) is 17.6. The van der Waals surface area contributed by atoms with Crippen LogP contribution in [0.3, 0.4) is 0 Å². The number of aromatic nitrogens is 1. The average molecular weight is 309 g/mol. The highest BCUT2D eigenvalue weighted by Crippen LogP contribution is 2.37. The molecule has 0 spiro atoms. The Morgan fingerprint density at radius 1 is 1.40 bits per heavy atom. The second-order valence-electron chi connectivity index (χ2n) is 4.74. The molecule has 1 heterocycles. The fourth-order valence-electron chi connectivity index (χ4n) is 2.37. The van der Waals surface area contributed by atoms with Crippen molar-refractivity contribution in [3.05, 3.63) is 39.9 Å². The third-order valence-electron chi connectivity index (χ3n) is 3.35. The first-order valence-corrected chi connectivity index (χ1v) is 7.58. The van der Waals surface area contributed by atoms with Crippen molar-refractivity contribution in [3.63, 3.8) is 0 Å². The van der Waals surface area contributed by atoms with Gasteiger partial charge in [0.15, 0.2) is 5.13 Å². The molecule has 2 N–H and O–H groups in total. The number of nitrogens with zero attached hydrogens (tertiary/aromatic N) is 1. The Bertz CT molecular complexity index is 639. The molecule has 1 atom stereocenters. The molecule has 0 amide bonds. The van der Waals surface area contributed by atoms with Crippen LogP contribution in [0.2, 0.25) is 5.02 Å². The zero-order valence-corrected chi connectivity index (χ0v) is 12.2. The molecule has 4 nitrogen and oxygen atoms in total. The van der Waals surface area contributed by atoms with Crippen LogP contribution < -0.4 is 5.32 Å². The summed E-state index contributed by atoms with van der Waals surface area (Å²) in [5.41, 5.74) is 1.62. The topological polar surface area (TPSA) is 62.2 Å². The third kappa shape index (κ3) is 2.64. The molecule has 20 heavy (non-hydrogen) atoms. The highest BCUT2D eigenvalue weighted by molar-refractivity contribution is 7.15. The molecule has 2 aromatic rings. The molecule has 1 aromatic heterocycles. The largest absolute Gasteiger partial charge is 0.481 e. The van der Waals surface area contributed by atoms with Gasteiger partial charge in [0.1, 0.15) is 5.92 Å². The number of hydrogen-bond acceptors (Lipinski definition) is 4. The fraction of sp³-hybridized carbons (Fsp3) is 0.286. The summed E-state index contributed by atoms with van der Waals surface area (Å²) in [4.78, 5) is 16.8. The smallest absolute Gasteiger partial charge is 0.312 e. The van der Waals surface area contributed by atoms with Crippen LogP contribution >= 0.6 is 22.9 Å². The summed E-state index contributed by atoms with van der Waals surface area (Å²) in [6.45, 7) is 0. The summed E-state index contributed by atoms with van der Waals surface area (Å²) < 4.78 is 0. The number of fused-ring (bicyclic) bond motifs is 1. The molecule has 0 radical (unpaired) electrons. The van der Waals surface area contributed by atoms with Gasteiger partial charge in [-0.25, -0.2) is 4.98 Å². The van der Waals surface area contributed by atoms with Crippen LogP contribution in [0.15, 0.2) is 24.3 Å². The molecule has 0 bridgehead atoms. The zero-order chi connectivity index (χ0) is 14.1. The first kappa shape index (κ1) is 13.4. The van der Waals surface area contributed by atoms with Crippen LogP contribution in [-0.4, -0.2) is 16.1 Å². The lowest BCUT2D eigenvalue weighted by molar-refractivity contribution is -0.139. The molecule has 0 saturated carbocycles. The molecule has 0 fully saturated rings.